The summed E-state index contributed by atoms with van der Waals surface area (Å²) in [5.41, 5.74) is 0.724. The van der Waals surface area contributed by atoms with E-state index < -0.39 is 0 Å². The van der Waals surface area contributed by atoms with Gasteiger partial charge in [0, 0.05) is 37.5 Å². The van der Waals surface area contributed by atoms with Gasteiger partial charge in [-0.15, -0.1) is 11.8 Å². The van der Waals surface area contributed by atoms with E-state index in [-0.39, 0.29) is 11.7 Å². The van der Waals surface area contributed by atoms with E-state index in [9.17, 15) is 9.18 Å². The molecule has 2 aromatic carbocycles. The Morgan fingerprint density at radius 1 is 1.21 bits per heavy atom. The molecule has 4 rings (SSSR count). The van der Waals surface area contributed by atoms with Crippen LogP contribution >= 0.6 is 23.1 Å². The first-order valence-electron chi connectivity index (χ1n) is 11.6. The van der Waals surface area contributed by atoms with E-state index in [2.05, 4.69) is 9.88 Å². The maximum Gasteiger partial charge on any atom is 0.228 e. The van der Waals surface area contributed by atoms with Gasteiger partial charge in [0.25, 0.3) is 0 Å². The predicted octanol–water partition coefficient (Wildman–Crippen LogP) is 5.07. The van der Waals surface area contributed by atoms with Crippen molar-refractivity contribution in [2.75, 3.05) is 57.2 Å². The van der Waals surface area contributed by atoms with Crippen LogP contribution in [0.2, 0.25) is 0 Å². The fourth-order valence-corrected chi connectivity index (χ4v) is 5.71. The molecule has 0 unspecified atom stereocenters. The molecule has 0 aliphatic carbocycles. The molecule has 2 heterocycles. The van der Waals surface area contributed by atoms with Gasteiger partial charge in [-0.2, -0.15) is 0 Å². The summed E-state index contributed by atoms with van der Waals surface area (Å²) >= 11 is 3.11. The second-order valence-corrected chi connectivity index (χ2v) is 10.3. The van der Waals surface area contributed by atoms with E-state index >= 15 is 0 Å². The van der Waals surface area contributed by atoms with Crippen molar-refractivity contribution in [1.29, 1.82) is 0 Å². The first kappa shape index (κ1) is 24.9. The number of carbonyl (C=O) groups is 1. The largest absolute Gasteiger partial charge is 0.497 e. The van der Waals surface area contributed by atoms with Crippen molar-refractivity contribution in [1.82, 2.24) is 9.88 Å². The topological polar surface area (TPSA) is 54.9 Å². The van der Waals surface area contributed by atoms with Crippen LogP contribution in [0, 0.1) is 5.82 Å². The molecule has 0 bridgehead atoms. The highest BCUT2D eigenvalue weighted by molar-refractivity contribution is 7.99. The van der Waals surface area contributed by atoms with Crippen molar-refractivity contribution < 1.29 is 18.7 Å². The number of anilines is 1. The van der Waals surface area contributed by atoms with Crippen LogP contribution in [0.5, 0.6) is 5.75 Å². The molecule has 34 heavy (non-hydrogen) atoms. The van der Waals surface area contributed by atoms with Crippen molar-refractivity contribution in [2.45, 2.75) is 24.2 Å². The first-order chi connectivity index (χ1) is 16.6. The molecular weight excluding hydrogens is 473 g/mol. The van der Waals surface area contributed by atoms with Gasteiger partial charge in [0.2, 0.25) is 5.91 Å². The zero-order chi connectivity index (χ0) is 23.8. The van der Waals surface area contributed by atoms with Gasteiger partial charge in [-0.1, -0.05) is 11.3 Å². The highest BCUT2D eigenvalue weighted by atomic mass is 32.2. The van der Waals surface area contributed by atoms with Crippen LogP contribution in [0.4, 0.5) is 9.52 Å². The molecule has 1 aliphatic heterocycles. The number of hydrogen-bond donors (Lipinski definition) is 0. The number of methoxy groups -OCH3 is 1. The lowest BCUT2D eigenvalue weighted by atomic mass is 10.2. The molecule has 3 aromatic rings. The van der Waals surface area contributed by atoms with E-state index in [1.54, 1.807) is 29.8 Å². The normalized spacial score (nSPS) is 14.4. The van der Waals surface area contributed by atoms with Crippen molar-refractivity contribution >= 4 is 44.4 Å². The minimum absolute atomic E-state index is 0.0665. The second-order valence-electron chi connectivity index (χ2n) is 8.09. The summed E-state index contributed by atoms with van der Waals surface area (Å²) in [5.74, 6) is 1.47. The minimum Gasteiger partial charge on any atom is -0.497 e. The molecule has 0 radical (unpaired) electrons. The number of thiazole rings is 1. The van der Waals surface area contributed by atoms with Gasteiger partial charge in [-0.05, 0) is 61.1 Å². The fourth-order valence-electron chi connectivity index (χ4n) is 3.83. The van der Waals surface area contributed by atoms with Gasteiger partial charge >= 0.3 is 0 Å². The number of halogens is 1. The Hall–Kier alpha value is -2.20. The number of aromatic nitrogens is 1. The predicted molar refractivity (Wildman–Crippen MR) is 137 cm³/mol. The number of ether oxygens (including phenoxy) is 2. The van der Waals surface area contributed by atoms with Gasteiger partial charge in [-0.25, -0.2) is 9.37 Å². The Kier molecular flexibility index (Phi) is 9.15. The summed E-state index contributed by atoms with van der Waals surface area (Å²) < 4.78 is 25.1. The Balaban J connectivity index is 1.35. The average molecular weight is 504 g/mol. The fraction of sp³-hybridized carbons (Fsp3) is 0.440. The highest BCUT2D eigenvalue weighted by Gasteiger charge is 2.20. The standard InChI is InChI=1S/C25H30FN3O3S2/c1-31-20-6-8-21(9-7-20)33-17-2-4-24(30)29(12-3-11-28-13-15-32-16-14-28)25-27-22-10-5-19(26)18-23(22)34-25/h5-10,18H,2-4,11-17H2,1H3. The molecule has 6 nitrogen and oxygen atoms in total. The zero-order valence-corrected chi connectivity index (χ0v) is 21.0. The van der Waals surface area contributed by atoms with Gasteiger partial charge in [0.05, 0.1) is 30.5 Å². The Morgan fingerprint density at radius 3 is 2.76 bits per heavy atom. The number of amides is 1. The van der Waals surface area contributed by atoms with Crippen molar-refractivity contribution in [3.05, 3.63) is 48.3 Å². The van der Waals surface area contributed by atoms with Crippen LogP contribution in [0.3, 0.4) is 0 Å². The summed E-state index contributed by atoms with van der Waals surface area (Å²) in [7, 11) is 1.66. The number of benzene rings is 2. The van der Waals surface area contributed by atoms with E-state index in [1.165, 1.54) is 23.5 Å². The molecule has 1 aliphatic rings. The summed E-state index contributed by atoms with van der Waals surface area (Å²) in [4.78, 5) is 23.2. The molecule has 9 heteroatoms. The third kappa shape index (κ3) is 6.91. The Morgan fingerprint density at radius 2 is 2.00 bits per heavy atom. The number of morpholine rings is 1. The van der Waals surface area contributed by atoms with Gasteiger partial charge in [0.1, 0.15) is 11.6 Å². The number of fused-ring (bicyclic) bond motifs is 1. The van der Waals surface area contributed by atoms with Crippen LogP contribution in [0.15, 0.2) is 47.4 Å². The van der Waals surface area contributed by atoms with Crippen LogP contribution < -0.4 is 9.64 Å². The number of rotatable bonds is 11. The monoisotopic (exact) mass is 503 g/mol. The summed E-state index contributed by atoms with van der Waals surface area (Å²) in [6.45, 7) is 4.90. The van der Waals surface area contributed by atoms with Gasteiger partial charge in [-0.3, -0.25) is 14.6 Å². The Labute approximate surface area is 208 Å². The van der Waals surface area contributed by atoms with Crippen LogP contribution in [0.1, 0.15) is 19.3 Å². The lowest BCUT2D eigenvalue weighted by Crippen LogP contribution is -2.39. The van der Waals surface area contributed by atoms with Crippen molar-refractivity contribution in [3.63, 3.8) is 0 Å². The molecular formula is C25H30FN3O3S2. The highest BCUT2D eigenvalue weighted by Crippen LogP contribution is 2.30. The van der Waals surface area contributed by atoms with Crippen molar-refractivity contribution in [3.8, 4) is 5.75 Å². The number of thioether (sulfide) groups is 1. The third-order valence-electron chi connectivity index (χ3n) is 5.69. The van der Waals surface area contributed by atoms with E-state index in [0.717, 1.165) is 72.3 Å². The van der Waals surface area contributed by atoms with Crippen molar-refractivity contribution in [2.24, 2.45) is 0 Å². The molecule has 0 saturated carbocycles. The van der Waals surface area contributed by atoms with Gasteiger partial charge < -0.3 is 9.47 Å². The maximum absolute atomic E-state index is 13.7. The van der Waals surface area contributed by atoms with Crippen LogP contribution in [0.25, 0.3) is 10.2 Å². The Bertz CT molecular complexity index is 1070. The molecule has 0 spiro atoms. The molecule has 0 atom stereocenters. The van der Waals surface area contributed by atoms with E-state index in [1.807, 2.05) is 24.3 Å². The smallest absolute Gasteiger partial charge is 0.228 e. The van der Waals surface area contributed by atoms with Crippen LogP contribution in [-0.2, 0) is 9.53 Å². The number of nitrogens with zero attached hydrogens (tertiary/aromatic N) is 3. The van der Waals surface area contributed by atoms with Crippen LogP contribution in [-0.4, -0.2) is 68.0 Å². The number of carbonyl (C=O) groups excluding carboxylic acids is 1. The lowest BCUT2D eigenvalue weighted by molar-refractivity contribution is -0.118. The lowest BCUT2D eigenvalue weighted by Gasteiger charge is -2.27. The van der Waals surface area contributed by atoms with E-state index in [0.29, 0.717) is 18.1 Å². The SMILES string of the molecule is COc1ccc(SCCCC(=O)N(CCCN2CCOCC2)c2nc3ccc(F)cc3s2)cc1. The summed E-state index contributed by atoms with van der Waals surface area (Å²) in [6, 6.07) is 12.5. The van der Waals surface area contributed by atoms with Gasteiger partial charge in [0.15, 0.2) is 5.13 Å². The molecule has 1 fully saturated rings. The van der Waals surface area contributed by atoms with E-state index in [4.69, 9.17) is 9.47 Å². The zero-order valence-electron chi connectivity index (χ0n) is 19.4. The average Bonchev–Trinajstić information content (AvgIpc) is 3.28. The molecule has 1 saturated heterocycles. The first-order valence-corrected chi connectivity index (χ1v) is 13.4. The quantitative estimate of drug-likeness (QED) is 0.269. The summed E-state index contributed by atoms with van der Waals surface area (Å²) in [6.07, 6.45) is 2.08. The molecule has 1 amide bonds. The number of hydrogen-bond acceptors (Lipinski definition) is 7. The summed E-state index contributed by atoms with van der Waals surface area (Å²) in [5, 5.41) is 0.649. The minimum atomic E-state index is -0.288. The molecule has 182 valence electrons. The maximum atomic E-state index is 13.7. The second kappa shape index (κ2) is 12.5. The molecule has 1 aromatic heterocycles. The molecule has 0 N–H and O–H groups in total. The third-order valence-corrected chi connectivity index (χ3v) is 7.83.